The third kappa shape index (κ3) is 3.78. The van der Waals surface area contributed by atoms with Crippen molar-refractivity contribution < 1.29 is 0 Å². The van der Waals surface area contributed by atoms with Gasteiger partial charge in [-0.25, -0.2) is 0 Å². The summed E-state index contributed by atoms with van der Waals surface area (Å²) in [6.07, 6.45) is 0. The highest BCUT2D eigenvalue weighted by molar-refractivity contribution is 9.10. The number of para-hydroxylation sites is 1. The summed E-state index contributed by atoms with van der Waals surface area (Å²) in [5.74, 6) is 0. The van der Waals surface area contributed by atoms with Gasteiger partial charge in [0.05, 0.1) is 0 Å². The normalized spacial score (nSPS) is 10.1. The summed E-state index contributed by atoms with van der Waals surface area (Å²) in [6.45, 7) is 4.13. The van der Waals surface area contributed by atoms with Crippen molar-refractivity contribution in [2.75, 3.05) is 10.6 Å². The van der Waals surface area contributed by atoms with Gasteiger partial charge in [-0.3, -0.25) is 0 Å². The number of anilines is 2. The summed E-state index contributed by atoms with van der Waals surface area (Å²) in [5.41, 5.74) is 4.34. The largest absolute Gasteiger partial charge is 0.332 e. The highest BCUT2D eigenvalue weighted by Crippen LogP contribution is 2.25. The van der Waals surface area contributed by atoms with Crippen LogP contribution in [0.15, 0.2) is 46.9 Å². The topological polar surface area (TPSA) is 24.1 Å². The molecule has 0 unspecified atom stereocenters. The SMILES string of the molecule is Cc1cc(NC(=S)Nc2ccccc2)cc(C)c1Br. The van der Waals surface area contributed by atoms with E-state index in [-0.39, 0.29) is 0 Å². The van der Waals surface area contributed by atoms with Gasteiger partial charge in [-0.15, -0.1) is 0 Å². The van der Waals surface area contributed by atoms with Gasteiger partial charge in [0.2, 0.25) is 0 Å². The summed E-state index contributed by atoms with van der Waals surface area (Å²) in [6, 6.07) is 14.0. The first kappa shape index (κ1) is 14.0. The fourth-order valence-corrected chi connectivity index (χ4v) is 2.30. The average molecular weight is 335 g/mol. The standard InChI is InChI=1S/C15H15BrN2S/c1-10-8-13(9-11(2)14(10)16)18-15(19)17-12-6-4-3-5-7-12/h3-9H,1-2H3,(H2,17,18,19). The molecule has 0 bridgehead atoms. The Morgan fingerprint density at radius 3 is 2.05 bits per heavy atom. The van der Waals surface area contributed by atoms with Crippen LogP contribution < -0.4 is 10.6 Å². The molecule has 0 amide bonds. The number of thiocarbonyl (C=S) groups is 1. The summed E-state index contributed by atoms with van der Waals surface area (Å²) < 4.78 is 1.14. The molecule has 98 valence electrons. The van der Waals surface area contributed by atoms with Gasteiger partial charge in [0.25, 0.3) is 0 Å². The fraction of sp³-hybridized carbons (Fsp3) is 0.133. The number of rotatable bonds is 2. The van der Waals surface area contributed by atoms with Gasteiger partial charge < -0.3 is 10.6 Å². The smallest absolute Gasteiger partial charge is 0.175 e. The minimum Gasteiger partial charge on any atom is -0.332 e. The third-order valence-electron chi connectivity index (χ3n) is 2.73. The van der Waals surface area contributed by atoms with E-state index in [9.17, 15) is 0 Å². The lowest BCUT2D eigenvalue weighted by Gasteiger charge is -2.13. The fourth-order valence-electron chi connectivity index (χ4n) is 1.83. The first-order chi connectivity index (χ1) is 9.06. The summed E-state index contributed by atoms with van der Waals surface area (Å²) in [5, 5.41) is 6.94. The van der Waals surface area contributed by atoms with Crippen LogP contribution in [0.4, 0.5) is 11.4 Å². The maximum atomic E-state index is 5.30. The lowest BCUT2D eigenvalue weighted by atomic mass is 10.1. The lowest BCUT2D eigenvalue weighted by Crippen LogP contribution is -2.19. The van der Waals surface area contributed by atoms with Crippen LogP contribution in [0.2, 0.25) is 0 Å². The second-order valence-electron chi connectivity index (χ2n) is 4.37. The Morgan fingerprint density at radius 1 is 0.947 bits per heavy atom. The van der Waals surface area contributed by atoms with E-state index < -0.39 is 0 Å². The van der Waals surface area contributed by atoms with Crippen LogP contribution in [0.1, 0.15) is 11.1 Å². The van der Waals surface area contributed by atoms with E-state index in [0.717, 1.165) is 15.8 Å². The van der Waals surface area contributed by atoms with Gasteiger partial charge in [-0.05, 0) is 61.5 Å². The average Bonchev–Trinajstić information content (AvgIpc) is 2.37. The van der Waals surface area contributed by atoms with Gasteiger partial charge in [-0.2, -0.15) is 0 Å². The molecule has 2 aromatic rings. The third-order valence-corrected chi connectivity index (χ3v) is 4.18. The van der Waals surface area contributed by atoms with Crippen molar-refractivity contribution in [2.24, 2.45) is 0 Å². The number of hydrogen-bond donors (Lipinski definition) is 2. The number of hydrogen-bond acceptors (Lipinski definition) is 1. The van der Waals surface area contributed by atoms with Gasteiger partial charge >= 0.3 is 0 Å². The van der Waals surface area contributed by atoms with E-state index in [4.69, 9.17) is 12.2 Å². The number of aryl methyl sites for hydroxylation is 2. The zero-order chi connectivity index (χ0) is 13.8. The van der Waals surface area contributed by atoms with Crippen LogP contribution in [0.3, 0.4) is 0 Å². The molecular formula is C15H15BrN2S. The van der Waals surface area contributed by atoms with E-state index in [2.05, 4.69) is 52.5 Å². The number of nitrogens with one attached hydrogen (secondary N) is 2. The highest BCUT2D eigenvalue weighted by atomic mass is 79.9. The molecule has 0 radical (unpaired) electrons. The molecule has 2 rings (SSSR count). The number of halogens is 1. The molecule has 0 spiro atoms. The van der Waals surface area contributed by atoms with E-state index in [1.165, 1.54) is 11.1 Å². The van der Waals surface area contributed by atoms with Gasteiger partial charge in [0.1, 0.15) is 0 Å². The molecule has 2 nitrogen and oxygen atoms in total. The van der Waals surface area contributed by atoms with Crippen molar-refractivity contribution >= 4 is 44.6 Å². The molecule has 0 aliphatic carbocycles. The Hall–Kier alpha value is -1.39. The molecule has 19 heavy (non-hydrogen) atoms. The van der Waals surface area contributed by atoms with Gasteiger partial charge in [0.15, 0.2) is 5.11 Å². The molecule has 0 saturated carbocycles. The van der Waals surface area contributed by atoms with Crippen LogP contribution in [-0.4, -0.2) is 5.11 Å². The van der Waals surface area contributed by atoms with Crippen LogP contribution in [0, 0.1) is 13.8 Å². The molecule has 0 fully saturated rings. The molecule has 0 aliphatic rings. The van der Waals surface area contributed by atoms with Crippen molar-refractivity contribution in [3.63, 3.8) is 0 Å². The predicted molar refractivity (Wildman–Crippen MR) is 89.9 cm³/mol. The summed E-state index contributed by atoms with van der Waals surface area (Å²) in [7, 11) is 0. The van der Waals surface area contributed by atoms with E-state index in [1.54, 1.807) is 0 Å². The molecule has 0 heterocycles. The Labute approximate surface area is 127 Å². The highest BCUT2D eigenvalue weighted by Gasteiger charge is 2.04. The molecule has 0 saturated heterocycles. The molecule has 4 heteroatoms. The Morgan fingerprint density at radius 2 is 1.47 bits per heavy atom. The van der Waals surface area contributed by atoms with Gasteiger partial charge in [0, 0.05) is 15.8 Å². The maximum Gasteiger partial charge on any atom is 0.175 e. The quantitative estimate of drug-likeness (QED) is 0.765. The van der Waals surface area contributed by atoms with Crippen molar-refractivity contribution in [3.8, 4) is 0 Å². The van der Waals surface area contributed by atoms with Crippen LogP contribution in [-0.2, 0) is 0 Å². The van der Waals surface area contributed by atoms with E-state index in [0.29, 0.717) is 5.11 Å². The molecular weight excluding hydrogens is 320 g/mol. The Kier molecular flexibility index (Phi) is 4.56. The summed E-state index contributed by atoms with van der Waals surface area (Å²) >= 11 is 8.86. The molecule has 0 atom stereocenters. The minimum atomic E-state index is 0.590. The zero-order valence-electron chi connectivity index (χ0n) is 10.8. The van der Waals surface area contributed by atoms with Gasteiger partial charge in [-0.1, -0.05) is 34.1 Å². The molecule has 2 aromatic carbocycles. The lowest BCUT2D eigenvalue weighted by molar-refractivity contribution is 1.34. The molecule has 0 aliphatic heterocycles. The van der Waals surface area contributed by atoms with E-state index >= 15 is 0 Å². The molecule has 0 aromatic heterocycles. The van der Waals surface area contributed by atoms with Crippen LogP contribution in [0.25, 0.3) is 0 Å². The predicted octanol–water partition coefficient (Wildman–Crippen LogP) is 4.87. The van der Waals surface area contributed by atoms with Crippen LogP contribution in [0.5, 0.6) is 0 Å². The van der Waals surface area contributed by atoms with Crippen LogP contribution >= 0.6 is 28.1 Å². The Bertz CT molecular complexity index is 573. The molecule has 2 N–H and O–H groups in total. The van der Waals surface area contributed by atoms with Crippen molar-refractivity contribution in [1.82, 2.24) is 0 Å². The first-order valence-corrected chi connectivity index (χ1v) is 7.16. The second-order valence-corrected chi connectivity index (χ2v) is 5.57. The van der Waals surface area contributed by atoms with Crippen molar-refractivity contribution in [2.45, 2.75) is 13.8 Å². The first-order valence-electron chi connectivity index (χ1n) is 5.96. The second kappa shape index (κ2) is 6.17. The summed E-state index contributed by atoms with van der Waals surface area (Å²) in [4.78, 5) is 0. The zero-order valence-corrected chi connectivity index (χ0v) is 13.2. The minimum absolute atomic E-state index is 0.590. The maximum absolute atomic E-state index is 5.30. The number of benzene rings is 2. The monoisotopic (exact) mass is 334 g/mol. The van der Waals surface area contributed by atoms with Crippen molar-refractivity contribution in [1.29, 1.82) is 0 Å². The van der Waals surface area contributed by atoms with E-state index in [1.807, 2.05) is 30.3 Å². The Balaban J connectivity index is 2.07. The van der Waals surface area contributed by atoms with Crippen molar-refractivity contribution in [3.05, 3.63) is 58.1 Å².